The largest absolute Gasteiger partial charge is 0.493 e. The van der Waals surface area contributed by atoms with Crippen LogP contribution in [-0.4, -0.2) is 7.11 Å². The van der Waals surface area contributed by atoms with Crippen molar-refractivity contribution >= 4 is 11.6 Å². The first-order valence-corrected chi connectivity index (χ1v) is 10.4. The number of ether oxygens (including phenoxy) is 2. The van der Waals surface area contributed by atoms with Crippen LogP contribution >= 0.6 is 11.6 Å². The topological polar surface area (TPSA) is 30.5 Å². The lowest BCUT2D eigenvalue weighted by molar-refractivity contribution is 0.280. The molecule has 0 aliphatic heterocycles. The first-order chi connectivity index (χ1) is 14.2. The van der Waals surface area contributed by atoms with E-state index < -0.39 is 0 Å². The van der Waals surface area contributed by atoms with Gasteiger partial charge >= 0.3 is 0 Å². The summed E-state index contributed by atoms with van der Waals surface area (Å²) in [6, 6.07) is 24.6. The van der Waals surface area contributed by atoms with Crippen molar-refractivity contribution in [1.29, 1.82) is 0 Å². The Kier molecular flexibility index (Phi) is 7.97. The van der Waals surface area contributed by atoms with Gasteiger partial charge in [0.05, 0.1) is 7.11 Å². The molecular weight excluding hydrogens is 382 g/mol. The van der Waals surface area contributed by atoms with E-state index in [1.807, 2.05) is 36.4 Å². The molecule has 0 saturated heterocycles. The molecule has 0 fully saturated rings. The highest BCUT2D eigenvalue weighted by Gasteiger charge is 2.14. The average molecular weight is 410 g/mol. The predicted molar refractivity (Wildman–Crippen MR) is 120 cm³/mol. The van der Waals surface area contributed by atoms with Gasteiger partial charge in [0.2, 0.25) is 0 Å². The molecule has 0 radical (unpaired) electrons. The second-order valence-electron chi connectivity index (χ2n) is 7.00. The third-order valence-corrected chi connectivity index (χ3v) is 5.11. The number of hydrogen-bond acceptors (Lipinski definition) is 3. The predicted octanol–water partition coefficient (Wildman–Crippen LogP) is 6.56. The maximum absolute atomic E-state index is 6.17. The summed E-state index contributed by atoms with van der Waals surface area (Å²) in [5.74, 6) is 1.50. The van der Waals surface area contributed by atoms with E-state index in [0.717, 1.165) is 35.5 Å². The number of hydrogen-bond donors (Lipinski definition) is 1. The van der Waals surface area contributed by atoms with E-state index >= 15 is 0 Å². The summed E-state index contributed by atoms with van der Waals surface area (Å²) < 4.78 is 11.7. The Morgan fingerprint density at radius 2 is 1.76 bits per heavy atom. The minimum atomic E-state index is 0.299. The molecule has 0 aliphatic carbocycles. The fourth-order valence-electron chi connectivity index (χ4n) is 3.40. The van der Waals surface area contributed by atoms with Gasteiger partial charge < -0.3 is 14.8 Å². The van der Waals surface area contributed by atoms with E-state index in [1.165, 1.54) is 5.56 Å². The van der Waals surface area contributed by atoms with Crippen molar-refractivity contribution in [2.75, 3.05) is 7.11 Å². The molecule has 0 aromatic heterocycles. The van der Waals surface area contributed by atoms with Crippen molar-refractivity contribution < 1.29 is 9.47 Å². The second-order valence-corrected chi connectivity index (χ2v) is 7.44. The Bertz CT molecular complexity index is 898. The smallest absolute Gasteiger partial charge is 0.166 e. The molecule has 3 aromatic carbocycles. The van der Waals surface area contributed by atoms with Crippen molar-refractivity contribution in [2.24, 2.45) is 0 Å². The molecule has 0 amide bonds. The zero-order chi connectivity index (χ0) is 20.5. The molecule has 3 nitrogen and oxygen atoms in total. The Labute approximate surface area is 178 Å². The van der Waals surface area contributed by atoms with Crippen LogP contribution in [-0.2, 0) is 13.2 Å². The molecule has 3 rings (SSSR count). The van der Waals surface area contributed by atoms with Gasteiger partial charge in [0.25, 0.3) is 0 Å². The zero-order valence-corrected chi connectivity index (χ0v) is 17.8. The molecular formula is C25H28ClNO2. The summed E-state index contributed by atoms with van der Waals surface area (Å²) >= 11 is 6.10. The van der Waals surface area contributed by atoms with Gasteiger partial charge in [-0.2, -0.15) is 0 Å². The Hall–Kier alpha value is -2.49. The van der Waals surface area contributed by atoms with Gasteiger partial charge in [-0.3, -0.25) is 0 Å². The molecule has 0 heterocycles. The Balaban J connectivity index is 1.76. The highest BCUT2D eigenvalue weighted by Crippen LogP contribution is 2.32. The van der Waals surface area contributed by atoms with Crippen LogP contribution in [0.4, 0.5) is 0 Å². The van der Waals surface area contributed by atoms with Crippen LogP contribution in [0, 0.1) is 0 Å². The molecule has 152 valence electrons. The van der Waals surface area contributed by atoms with E-state index in [2.05, 4.69) is 48.6 Å². The van der Waals surface area contributed by atoms with E-state index in [9.17, 15) is 0 Å². The second kappa shape index (κ2) is 10.9. The van der Waals surface area contributed by atoms with E-state index in [1.54, 1.807) is 7.11 Å². The molecule has 0 bridgehead atoms. The summed E-state index contributed by atoms with van der Waals surface area (Å²) in [6.45, 7) is 3.34. The van der Waals surface area contributed by atoms with Crippen LogP contribution in [0.3, 0.4) is 0 Å². The minimum Gasteiger partial charge on any atom is -0.493 e. The van der Waals surface area contributed by atoms with E-state index in [0.29, 0.717) is 24.2 Å². The number of para-hydroxylation sites is 1. The molecule has 1 N–H and O–H groups in total. The molecule has 1 atom stereocenters. The molecule has 0 spiro atoms. The lowest BCUT2D eigenvalue weighted by Gasteiger charge is -2.21. The fourth-order valence-corrected chi connectivity index (χ4v) is 3.61. The van der Waals surface area contributed by atoms with Crippen molar-refractivity contribution in [2.45, 2.75) is 39.0 Å². The SMILES string of the molecule is CCCC(NCc1cccc(OC)c1OCc1cccc(Cl)c1)c1ccccc1. The number of methoxy groups -OCH3 is 1. The first kappa shape index (κ1) is 21.2. The van der Waals surface area contributed by atoms with Crippen LogP contribution in [0.25, 0.3) is 0 Å². The minimum absolute atomic E-state index is 0.299. The van der Waals surface area contributed by atoms with Crippen LogP contribution in [0.1, 0.15) is 42.5 Å². The standard InChI is InChI=1S/C25H28ClNO2/c1-3-9-23(20-11-5-4-6-12-20)27-17-21-13-8-15-24(28-2)25(21)29-18-19-10-7-14-22(26)16-19/h4-8,10-16,23,27H,3,9,17-18H2,1-2H3. The Morgan fingerprint density at radius 3 is 2.48 bits per heavy atom. The van der Waals surface area contributed by atoms with Crippen molar-refractivity contribution in [3.8, 4) is 11.5 Å². The van der Waals surface area contributed by atoms with Crippen LogP contribution in [0.5, 0.6) is 11.5 Å². The van der Waals surface area contributed by atoms with Gasteiger partial charge in [-0.1, -0.05) is 79.5 Å². The highest BCUT2D eigenvalue weighted by molar-refractivity contribution is 6.30. The molecule has 1 unspecified atom stereocenters. The first-order valence-electron chi connectivity index (χ1n) is 10.0. The molecule has 4 heteroatoms. The molecule has 3 aromatic rings. The number of halogens is 1. The third kappa shape index (κ3) is 5.99. The maximum atomic E-state index is 6.17. The molecule has 29 heavy (non-hydrogen) atoms. The summed E-state index contributed by atoms with van der Waals surface area (Å²) in [5, 5.41) is 4.40. The number of nitrogens with one attached hydrogen (secondary N) is 1. The molecule has 0 saturated carbocycles. The lowest BCUT2D eigenvalue weighted by Crippen LogP contribution is -2.21. The number of benzene rings is 3. The summed E-state index contributed by atoms with van der Waals surface area (Å²) in [4.78, 5) is 0. The third-order valence-electron chi connectivity index (χ3n) is 4.87. The van der Waals surface area contributed by atoms with E-state index in [4.69, 9.17) is 21.1 Å². The van der Waals surface area contributed by atoms with Gasteiger partial charge in [-0.15, -0.1) is 0 Å². The van der Waals surface area contributed by atoms with Crippen molar-refractivity contribution in [1.82, 2.24) is 5.32 Å². The summed E-state index contributed by atoms with van der Waals surface area (Å²) in [7, 11) is 1.67. The van der Waals surface area contributed by atoms with Gasteiger partial charge in [-0.05, 0) is 35.7 Å². The average Bonchev–Trinajstić information content (AvgIpc) is 2.76. The summed E-state index contributed by atoms with van der Waals surface area (Å²) in [6.07, 6.45) is 2.19. The van der Waals surface area contributed by atoms with Gasteiger partial charge in [0.1, 0.15) is 6.61 Å². The maximum Gasteiger partial charge on any atom is 0.166 e. The quantitative estimate of drug-likeness (QED) is 0.411. The van der Waals surface area contributed by atoms with E-state index in [-0.39, 0.29) is 0 Å². The molecule has 0 aliphatic rings. The van der Waals surface area contributed by atoms with Gasteiger partial charge in [0, 0.05) is 23.2 Å². The lowest BCUT2D eigenvalue weighted by atomic mass is 10.0. The van der Waals surface area contributed by atoms with Crippen LogP contribution < -0.4 is 14.8 Å². The normalized spacial score (nSPS) is 11.8. The fraction of sp³-hybridized carbons (Fsp3) is 0.280. The highest BCUT2D eigenvalue weighted by atomic mass is 35.5. The monoisotopic (exact) mass is 409 g/mol. The number of rotatable bonds is 10. The zero-order valence-electron chi connectivity index (χ0n) is 17.0. The van der Waals surface area contributed by atoms with Crippen LogP contribution in [0.2, 0.25) is 5.02 Å². The summed E-state index contributed by atoms with van der Waals surface area (Å²) in [5.41, 5.74) is 3.40. The van der Waals surface area contributed by atoms with Gasteiger partial charge in [-0.25, -0.2) is 0 Å². The van der Waals surface area contributed by atoms with Crippen molar-refractivity contribution in [3.63, 3.8) is 0 Å². The van der Waals surface area contributed by atoms with Crippen molar-refractivity contribution in [3.05, 3.63) is 94.5 Å². The van der Waals surface area contributed by atoms with Gasteiger partial charge in [0.15, 0.2) is 11.5 Å². The van der Waals surface area contributed by atoms with Crippen LogP contribution in [0.15, 0.2) is 72.8 Å². The Morgan fingerprint density at radius 1 is 0.966 bits per heavy atom.